The summed E-state index contributed by atoms with van der Waals surface area (Å²) in [4.78, 5) is 38.6. The summed E-state index contributed by atoms with van der Waals surface area (Å²) < 4.78 is 7.48. The molecule has 4 amide bonds. The zero-order valence-electron chi connectivity index (χ0n) is 16.8. The van der Waals surface area contributed by atoms with E-state index >= 15 is 0 Å². The molecule has 1 N–H and O–H groups in total. The van der Waals surface area contributed by atoms with Gasteiger partial charge in [0.05, 0.1) is 10.2 Å². The van der Waals surface area contributed by atoms with Crippen LogP contribution in [0.5, 0.6) is 5.75 Å². The molecule has 1 aliphatic rings. The van der Waals surface area contributed by atoms with Crippen LogP contribution in [0.4, 0.5) is 10.5 Å². The molecule has 3 aromatic carbocycles. The van der Waals surface area contributed by atoms with Gasteiger partial charge in [-0.15, -0.1) is 0 Å². The fourth-order valence-electron chi connectivity index (χ4n) is 3.17. The number of hydrogen-bond acceptors (Lipinski definition) is 4. The average molecular weight is 591 g/mol. The molecule has 1 aliphatic heterocycles. The van der Waals surface area contributed by atoms with E-state index in [1.54, 1.807) is 36.4 Å². The highest BCUT2D eigenvalue weighted by atomic mass is 79.9. The fourth-order valence-corrected chi connectivity index (χ4v) is 4.26. The molecule has 0 radical (unpaired) electrons. The number of hydrogen-bond donors (Lipinski definition) is 1. The minimum atomic E-state index is -0.832. The first kappa shape index (κ1) is 23.2. The number of amides is 4. The first-order chi connectivity index (χ1) is 15.8. The summed E-state index contributed by atoms with van der Waals surface area (Å²) in [5, 5.41) is 2.55. The fraction of sp³-hybridized carbons (Fsp3) is 0.0417. The highest BCUT2D eigenvalue weighted by molar-refractivity contribution is 9.10. The number of imide groups is 2. The van der Waals surface area contributed by atoms with Gasteiger partial charge in [-0.1, -0.05) is 57.9 Å². The Kier molecular flexibility index (Phi) is 6.97. The van der Waals surface area contributed by atoms with Gasteiger partial charge in [-0.25, -0.2) is 9.69 Å². The number of rotatable bonds is 5. The zero-order valence-corrected chi connectivity index (χ0v) is 20.8. The second-order valence-corrected chi connectivity index (χ2v) is 9.15. The molecule has 1 fully saturated rings. The second-order valence-electron chi connectivity index (χ2n) is 7.01. The summed E-state index contributed by atoms with van der Waals surface area (Å²) in [6.07, 6.45) is 1.42. The van der Waals surface area contributed by atoms with E-state index in [4.69, 9.17) is 16.3 Å². The zero-order chi connectivity index (χ0) is 23.5. The Morgan fingerprint density at radius 3 is 2.45 bits per heavy atom. The van der Waals surface area contributed by atoms with Crippen molar-refractivity contribution >= 4 is 73.1 Å². The number of anilines is 1. The third-order valence-corrected chi connectivity index (χ3v) is 6.40. The van der Waals surface area contributed by atoms with Crippen LogP contribution in [-0.4, -0.2) is 17.8 Å². The summed E-state index contributed by atoms with van der Waals surface area (Å²) in [5.74, 6) is -0.909. The topological polar surface area (TPSA) is 75.7 Å². The molecule has 0 unspecified atom stereocenters. The van der Waals surface area contributed by atoms with Crippen molar-refractivity contribution in [1.82, 2.24) is 5.32 Å². The number of urea groups is 1. The van der Waals surface area contributed by atoms with Crippen LogP contribution >= 0.6 is 43.5 Å². The summed E-state index contributed by atoms with van der Waals surface area (Å²) in [7, 11) is 0. The summed E-state index contributed by atoms with van der Waals surface area (Å²) in [6, 6.07) is 18.4. The number of halogens is 3. The van der Waals surface area contributed by atoms with E-state index in [0.29, 0.717) is 27.4 Å². The van der Waals surface area contributed by atoms with Crippen LogP contribution < -0.4 is 15.0 Å². The van der Waals surface area contributed by atoms with Crippen molar-refractivity contribution in [2.75, 3.05) is 4.90 Å². The Morgan fingerprint density at radius 1 is 0.939 bits per heavy atom. The van der Waals surface area contributed by atoms with E-state index in [9.17, 15) is 14.4 Å². The predicted octanol–water partition coefficient (Wildman–Crippen LogP) is 6.11. The largest absolute Gasteiger partial charge is 0.488 e. The van der Waals surface area contributed by atoms with Gasteiger partial charge in [0.15, 0.2) is 0 Å². The molecule has 3 aromatic rings. The molecule has 0 aromatic heterocycles. The maximum Gasteiger partial charge on any atom is 0.335 e. The molecule has 0 spiro atoms. The number of barbiturate groups is 1. The maximum atomic E-state index is 13.0. The van der Waals surface area contributed by atoms with Crippen LogP contribution in [0.3, 0.4) is 0 Å². The monoisotopic (exact) mass is 588 g/mol. The molecule has 9 heteroatoms. The van der Waals surface area contributed by atoms with Gasteiger partial charge in [0, 0.05) is 15.1 Å². The van der Waals surface area contributed by atoms with Crippen LogP contribution in [0, 0.1) is 0 Å². The number of benzene rings is 3. The average Bonchev–Trinajstić information content (AvgIpc) is 2.77. The van der Waals surface area contributed by atoms with Crippen LogP contribution in [0.1, 0.15) is 11.1 Å². The van der Waals surface area contributed by atoms with Crippen molar-refractivity contribution < 1.29 is 19.1 Å². The first-order valence-corrected chi connectivity index (χ1v) is 11.6. The standard InChI is InChI=1S/C24H15Br2ClN2O4/c25-19-7-2-1-4-15(19)13-33-21-9-8-14(11-20(21)26)10-18-22(30)28-24(32)29(23(18)31)17-6-3-5-16(27)12-17/h1-12H,13H2,(H,28,30,32)/b18-10+. The molecule has 1 saturated heterocycles. The van der Waals surface area contributed by atoms with Crippen LogP contribution in [0.15, 0.2) is 81.2 Å². The Morgan fingerprint density at radius 2 is 1.73 bits per heavy atom. The lowest BCUT2D eigenvalue weighted by molar-refractivity contribution is -0.122. The Hall–Kier alpha value is -2.94. The van der Waals surface area contributed by atoms with E-state index < -0.39 is 17.8 Å². The van der Waals surface area contributed by atoms with Gasteiger partial charge in [0.25, 0.3) is 11.8 Å². The normalized spacial score (nSPS) is 15.1. The SMILES string of the molecule is O=C1NC(=O)N(c2cccc(Cl)c2)C(=O)/C1=C/c1ccc(OCc2ccccc2Br)c(Br)c1. The number of ether oxygens (including phenoxy) is 1. The molecule has 33 heavy (non-hydrogen) atoms. The molecule has 0 bridgehead atoms. The van der Waals surface area contributed by atoms with Crippen molar-refractivity contribution in [1.29, 1.82) is 0 Å². The summed E-state index contributed by atoms with van der Waals surface area (Å²) in [6.45, 7) is 0.359. The molecule has 0 saturated carbocycles. The molecule has 4 rings (SSSR count). The van der Waals surface area contributed by atoms with Gasteiger partial charge in [0.2, 0.25) is 0 Å². The lowest BCUT2D eigenvalue weighted by atomic mass is 10.1. The van der Waals surface area contributed by atoms with Crippen LogP contribution in [-0.2, 0) is 16.2 Å². The van der Waals surface area contributed by atoms with E-state index in [2.05, 4.69) is 37.2 Å². The van der Waals surface area contributed by atoms with Gasteiger partial charge < -0.3 is 4.74 Å². The number of carbonyl (C=O) groups excluding carboxylic acids is 3. The molecule has 1 heterocycles. The first-order valence-electron chi connectivity index (χ1n) is 9.66. The highest BCUT2D eigenvalue weighted by Gasteiger charge is 2.36. The van der Waals surface area contributed by atoms with Gasteiger partial charge in [-0.3, -0.25) is 14.9 Å². The van der Waals surface area contributed by atoms with Crippen molar-refractivity contribution in [3.8, 4) is 5.75 Å². The minimum absolute atomic E-state index is 0.177. The second kappa shape index (κ2) is 9.91. The smallest absolute Gasteiger partial charge is 0.335 e. The van der Waals surface area contributed by atoms with E-state index in [1.807, 2.05) is 24.3 Å². The van der Waals surface area contributed by atoms with Gasteiger partial charge in [-0.2, -0.15) is 0 Å². The molecule has 166 valence electrons. The van der Waals surface area contributed by atoms with Crippen LogP contribution in [0.2, 0.25) is 5.02 Å². The van der Waals surface area contributed by atoms with Crippen molar-refractivity contribution in [2.24, 2.45) is 0 Å². The van der Waals surface area contributed by atoms with Gasteiger partial charge in [0.1, 0.15) is 17.9 Å². The molecule has 6 nitrogen and oxygen atoms in total. The van der Waals surface area contributed by atoms with Crippen molar-refractivity contribution in [3.63, 3.8) is 0 Å². The lowest BCUT2D eigenvalue weighted by Crippen LogP contribution is -2.54. The lowest BCUT2D eigenvalue weighted by Gasteiger charge is -2.26. The van der Waals surface area contributed by atoms with E-state index in [-0.39, 0.29) is 11.3 Å². The highest BCUT2D eigenvalue weighted by Crippen LogP contribution is 2.30. The quantitative estimate of drug-likeness (QED) is 0.288. The molecule has 0 aliphatic carbocycles. The van der Waals surface area contributed by atoms with Crippen molar-refractivity contribution in [3.05, 3.63) is 97.4 Å². The Bertz CT molecular complexity index is 1310. The third kappa shape index (κ3) is 5.19. The predicted molar refractivity (Wildman–Crippen MR) is 133 cm³/mol. The summed E-state index contributed by atoms with van der Waals surface area (Å²) >= 11 is 13.0. The minimum Gasteiger partial charge on any atom is -0.488 e. The Balaban J connectivity index is 1.57. The van der Waals surface area contributed by atoms with E-state index in [0.717, 1.165) is 14.9 Å². The van der Waals surface area contributed by atoms with Crippen LogP contribution in [0.25, 0.3) is 6.08 Å². The molecule has 0 atom stereocenters. The number of carbonyl (C=O) groups is 3. The maximum absolute atomic E-state index is 13.0. The van der Waals surface area contributed by atoms with Gasteiger partial charge >= 0.3 is 6.03 Å². The summed E-state index contributed by atoms with van der Waals surface area (Å²) in [5.41, 5.74) is 1.66. The molecular weight excluding hydrogens is 576 g/mol. The van der Waals surface area contributed by atoms with E-state index in [1.165, 1.54) is 12.1 Å². The third-order valence-electron chi connectivity index (χ3n) is 4.78. The number of nitrogens with one attached hydrogen (secondary N) is 1. The van der Waals surface area contributed by atoms with Gasteiger partial charge in [-0.05, 0) is 64.0 Å². The number of nitrogens with zero attached hydrogens (tertiary/aromatic N) is 1. The molecular formula is C24H15Br2ClN2O4. The van der Waals surface area contributed by atoms with Crippen molar-refractivity contribution in [2.45, 2.75) is 6.61 Å². The Labute approximate surface area is 211 Å².